The van der Waals surface area contributed by atoms with Gasteiger partial charge < -0.3 is 18.8 Å². The summed E-state index contributed by atoms with van der Waals surface area (Å²) < 4.78 is 19.1. The molecule has 0 aliphatic rings. The first-order chi connectivity index (χ1) is 13.7. The van der Waals surface area contributed by atoms with Crippen LogP contribution in [0.5, 0.6) is 0 Å². The Morgan fingerprint density at radius 1 is 1.28 bits per heavy atom. The highest BCUT2D eigenvalue weighted by Gasteiger charge is 2.14. The Morgan fingerprint density at radius 3 is 2.72 bits per heavy atom. The number of carbonyl (C=O) groups is 1. The largest absolute Gasteiger partial charge is 0.499 e. The molecule has 0 fully saturated rings. The number of fused-ring (bicyclic) bond motifs is 1. The normalized spacial score (nSPS) is 12.0. The SMILES string of the molecule is CCOC(=O)/C=C/OCCn1c(C)cc2c(=O)n(COCC[Si](C)(C)C)ncc21. The van der Waals surface area contributed by atoms with E-state index in [1.165, 1.54) is 17.0 Å². The van der Waals surface area contributed by atoms with Gasteiger partial charge in [-0.25, -0.2) is 9.48 Å². The first-order valence-electron chi connectivity index (χ1n) is 9.81. The zero-order valence-electron chi connectivity index (χ0n) is 17.9. The van der Waals surface area contributed by atoms with Gasteiger partial charge in [-0.2, -0.15) is 5.10 Å². The minimum Gasteiger partial charge on any atom is -0.499 e. The van der Waals surface area contributed by atoms with E-state index in [1.54, 1.807) is 13.1 Å². The smallest absolute Gasteiger partial charge is 0.333 e. The van der Waals surface area contributed by atoms with Crippen molar-refractivity contribution in [3.05, 3.63) is 40.6 Å². The lowest BCUT2D eigenvalue weighted by atomic mass is 10.3. The van der Waals surface area contributed by atoms with Crippen molar-refractivity contribution in [1.82, 2.24) is 14.3 Å². The molecule has 0 aliphatic heterocycles. The highest BCUT2D eigenvalue weighted by atomic mass is 28.3. The molecule has 0 aliphatic carbocycles. The highest BCUT2D eigenvalue weighted by Crippen LogP contribution is 2.15. The van der Waals surface area contributed by atoms with Gasteiger partial charge >= 0.3 is 5.97 Å². The third-order valence-corrected chi connectivity index (χ3v) is 6.06. The number of ether oxygens (including phenoxy) is 3. The van der Waals surface area contributed by atoms with Crippen molar-refractivity contribution in [2.75, 3.05) is 19.8 Å². The third kappa shape index (κ3) is 6.86. The van der Waals surface area contributed by atoms with Gasteiger partial charge in [-0.1, -0.05) is 19.6 Å². The molecule has 2 heterocycles. The van der Waals surface area contributed by atoms with Gasteiger partial charge in [0.1, 0.15) is 13.3 Å². The predicted molar refractivity (Wildman–Crippen MR) is 115 cm³/mol. The number of hydrogen-bond acceptors (Lipinski definition) is 6. The molecule has 2 aromatic rings. The Labute approximate surface area is 172 Å². The number of rotatable bonds is 11. The van der Waals surface area contributed by atoms with Crippen LogP contribution in [-0.4, -0.2) is 48.2 Å². The molecule has 8 nitrogen and oxygen atoms in total. The van der Waals surface area contributed by atoms with Crippen LogP contribution in [0.3, 0.4) is 0 Å². The maximum atomic E-state index is 12.7. The molecule has 160 valence electrons. The molecule has 0 atom stereocenters. The number of aryl methyl sites for hydroxylation is 1. The molecule has 0 spiro atoms. The molecule has 0 radical (unpaired) electrons. The summed E-state index contributed by atoms with van der Waals surface area (Å²) in [5.74, 6) is -0.438. The zero-order valence-corrected chi connectivity index (χ0v) is 18.9. The van der Waals surface area contributed by atoms with E-state index in [-0.39, 0.29) is 12.3 Å². The number of nitrogens with zero attached hydrogens (tertiary/aromatic N) is 3. The fourth-order valence-corrected chi connectivity index (χ4v) is 3.50. The van der Waals surface area contributed by atoms with Crippen LogP contribution in [0.15, 0.2) is 29.4 Å². The summed E-state index contributed by atoms with van der Waals surface area (Å²) >= 11 is 0. The van der Waals surface area contributed by atoms with Crippen molar-refractivity contribution in [2.45, 2.75) is 52.8 Å². The molecule has 0 N–H and O–H groups in total. The van der Waals surface area contributed by atoms with E-state index < -0.39 is 14.0 Å². The van der Waals surface area contributed by atoms with Gasteiger partial charge in [0, 0.05) is 20.4 Å². The van der Waals surface area contributed by atoms with E-state index >= 15 is 0 Å². The second-order valence-electron chi connectivity index (χ2n) is 7.96. The topological polar surface area (TPSA) is 84.6 Å². The fourth-order valence-electron chi connectivity index (χ4n) is 2.75. The summed E-state index contributed by atoms with van der Waals surface area (Å²) in [6, 6.07) is 2.90. The van der Waals surface area contributed by atoms with Crippen LogP contribution in [0.2, 0.25) is 25.7 Å². The zero-order chi connectivity index (χ0) is 21.4. The summed E-state index contributed by atoms with van der Waals surface area (Å²) in [5, 5.41) is 4.86. The van der Waals surface area contributed by atoms with E-state index in [4.69, 9.17) is 14.2 Å². The lowest BCUT2D eigenvalue weighted by Crippen LogP contribution is -2.26. The molecule has 0 amide bonds. The van der Waals surface area contributed by atoms with Crippen LogP contribution < -0.4 is 5.56 Å². The van der Waals surface area contributed by atoms with Gasteiger partial charge in [0.15, 0.2) is 0 Å². The molecule has 2 rings (SSSR count). The minimum atomic E-state index is -1.16. The van der Waals surface area contributed by atoms with Crippen LogP contribution in [0, 0.1) is 6.92 Å². The second kappa shape index (κ2) is 10.4. The Bertz CT molecular complexity index is 911. The van der Waals surface area contributed by atoms with Crippen molar-refractivity contribution in [3.8, 4) is 0 Å². The lowest BCUT2D eigenvalue weighted by Gasteiger charge is -2.15. The van der Waals surface area contributed by atoms with Crippen LogP contribution >= 0.6 is 0 Å². The van der Waals surface area contributed by atoms with Crippen molar-refractivity contribution in [3.63, 3.8) is 0 Å². The van der Waals surface area contributed by atoms with E-state index in [2.05, 4.69) is 24.7 Å². The summed E-state index contributed by atoms with van der Waals surface area (Å²) in [7, 11) is -1.16. The van der Waals surface area contributed by atoms with Gasteiger partial charge in [0.25, 0.3) is 5.56 Å². The molecule has 9 heteroatoms. The molecule has 2 aromatic heterocycles. The summed E-state index contributed by atoms with van der Waals surface area (Å²) in [6.45, 7) is 12.5. The Morgan fingerprint density at radius 2 is 2.03 bits per heavy atom. The molecule has 0 unspecified atom stereocenters. The molecule has 29 heavy (non-hydrogen) atoms. The van der Waals surface area contributed by atoms with E-state index in [0.29, 0.717) is 31.8 Å². The van der Waals surface area contributed by atoms with Crippen LogP contribution in [0.4, 0.5) is 0 Å². The molecule has 0 saturated heterocycles. The van der Waals surface area contributed by atoms with Crippen molar-refractivity contribution in [2.24, 2.45) is 0 Å². The maximum Gasteiger partial charge on any atom is 0.333 e. The number of hydrogen-bond donors (Lipinski definition) is 0. The Kier molecular flexibility index (Phi) is 8.21. The monoisotopic (exact) mass is 421 g/mol. The van der Waals surface area contributed by atoms with Crippen molar-refractivity contribution in [1.29, 1.82) is 0 Å². The standard InChI is InChI=1S/C20H31N3O5Si/c1-6-28-19(24)7-9-26-10-8-22-16(2)13-17-18(22)14-21-23(20(17)25)15-27-11-12-29(3,4)5/h7,9,13-14H,6,8,10-12,15H2,1-5H3/b9-7+. The Hall–Kier alpha value is -2.39. The van der Waals surface area contributed by atoms with Gasteiger partial charge in [-0.05, 0) is 26.0 Å². The van der Waals surface area contributed by atoms with Crippen LogP contribution in [0.1, 0.15) is 12.6 Å². The molecular weight excluding hydrogens is 390 g/mol. The predicted octanol–water partition coefficient (Wildman–Crippen LogP) is 2.91. The van der Waals surface area contributed by atoms with Gasteiger partial charge in [0.05, 0.1) is 42.6 Å². The van der Waals surface area contributed by atoms with Crippen molar-refractivity contribution < 1.29 is 19.0 Å². The molecular formula is C20H31N3O5Si. The highest BCUT2D eigenvalue weighted by molar-refractivity contribution is 6.76. The summed E-state index contributed by atoms with van der Waals surface area (Å²) in [6.07, 6.45) is 4.24. The van der Waals surface area contributed by atoms with Gasteiger partial charge in [-0.15, -0.1) is 0 Å². The van der Waals surface area contributed by atoms with E-state index in [1.807, 2.05) is 17.6 Å². The second-order valence-corrected chi connectivity index (χ2v) is 13.6. The average Bonchev–Trinajstić information content (AvgIpc) is 2.96. The molecule has 0 bridgehead atoms. The molecule has 0 saturated carbocycles. The van der Waals surface area contributed by atoms with Crippen molar-refractivity contribution >= 4 is 24.9 Å². The lowest BCUT2D eigenvalue weighted by molar-refractivity contribution is -0.137. The van der Waals surface area contributed by atoms with Gasteiger partial charge in [-0.3, -0.25) is 4.79 Å². The third-order valence-electron chi connectivity index (χ3n) is 4.36. The molecule has 0 aromatic carbocycles. The summed E-state index contributed by atoms with van der Waals surface area (Å²) in [5.41, 5.74) is 1.53. The Balaban J connectivity index is 1.99. The number of esters is 1. The maximum absolute atomic E-state index is 12.7. The van der Waals surface area contributed by atoms with Crippen LogP contribution in [0.25, 0.3) is 10.9 Å². The average molecular weight is 422 g/mol. The first-order valence-corrected chi connectivity index (χ1v) is 13.5. The van der Waals surface area contributed by atoms with Gasteiger partial charge in [0.2, 0.25) is 0 Å². The van der Waals surface area contributed by atoms with E-state index in [0.717, 1.165) is 17.3 Å². The van der Waals surface area contributed by atoms with E-state index in [9.17, 15) is 9.59 Å². The minimum absolute atomic E-state index is 0.158. The quantitative estimate of drug-likeness (QED) is 0.182. The fraction of sp³-hybridized carbons (Fsp3) is 0.550. The number of carbonyl (C=O) groups excluding carboxylic acids is 1. The number of aromatic nitrogens is 3. The summed E-state index contributed by atoms with van der Waals surface area (Å²) in [4.78, 5) is 23.9. The first kappa shape index (κ1) is 22.9. The van der Waals surface area contributed by atoms with Crippen LogP contribution in [-0.2, 0) is 32.3 Å².